The minimum absolute atomic E-state index is 0.568. The Morgan fingerprint density at radius 3 is 2.48 bits per heavy atom. The largest absolute Gasteiger partial charge is 0.357 e. The Labute approximate surface area is 127 Å². The molecule has 0 aliphatic carbocycles. The molecule has 118 valence electrons. The number of aromatic nitrogens is 3. The first-order valence-electron chi connectivity index (χ1n) is 7.89. The summed E-state index contributed by atoms with van der Waals surface area (Å²) in [5.41, 5.74) is 0. The molecule has 0 amide bonds. The molecule has 1 aliphatic heterocycles. The van der Waals surface area contributed by atoms with E-state index in [0.717, 1.165) is 49.1 Å². The molecule has 6 nitrogen and oxygen atoms in total. The third-order valence-electron chi connectivity index (χ3n) is 4.06. The topological polar surface area (TPSA) is 58.3 Å². The molecule has 0 radical (unpaired) electrons. The Morgan fingerprint density at radius 1 is 1.29 bits per heavy atom. The van der Waals surface area contributed by atoms with Crippen molar-refractivity contribution < 1.29 is 0 Å². The van der Waals surface area contributed by atoms with Crippen LogP contribution in [0.2, 0.25) is 0 Å². The monoisotopic (exact) mass is 292 g/mol. The second-order valence-electron chi connectivity index (χ2n) is 6.24. The van der Waals surface area contributed by atoms with Gasteiger partial charge in [0.2, 0.25) is 0 Å². The van der Waals surface area contributed by atoms with Crippen molar-refractivity contribution in [3.05, 3.63) is 11.6 Å². The Balaban J connectivity index is 2.10. The van der Waals surface area contributed by atoms with Gasteiger partial charge in [-0.1, -0.05) is 13.8 Å². The molecular formula is C15H28N6. The second kappa shape index (κ2) is 6.91. The normalized spacial score (nSPS) is 23.5. The molecule has 1 N–H and O–H groups in total. The molecule has 0 bridgehead atoms. The van der Waals surface area contributed by atoms with Gasteiger partial charge >= 0.3 is 0 Å². The van der Waals surface area contributed by atoms with Gasteiger partial charge in [0.25, 0.3) is 0 Å². The number of aliphatic imine (C=N–C) groups is 1. The number of likely N-dealkylation sites (tertiary alicyclic amines) is 1. The highest BCUT2D eigenvalue weighted by Crippen LogP contribution is 2.21. The third-order valence-corrected chi connectivity index (χ3v) is 4.06. The number of guanidine groups is 1. The molecule has 1 saturated heterocycles. The van der Waals surface area contributed by atoms with E-state index in [2.05, 4.69) is 41.2 Å². The van der Waals surface area contributed by atoms with E-state index in [4.69, 9.17) is 4.99 Å². The Kier molecular flexibility index (Phi) is 5.20. The van der Waals surface area contributed by atoms with E-state index in [9.17, 15) is 0 Å². The van der Waals surface area contributed by atoms with Crippen molar-refractivity contribution >= 4 is 5.96 Å². The summed E-state index contributed by atoms with van der Waals surface area (Å²) in [7, 11) is 1.98. The van der Waals surface area contributed by atoms with Crippen molar-refractivity contribution in [2.45, 2.75) is 40.7 Å². The molecule has 1 aromatic heterocycles. The van der Waals surface area contributed by atoms with Crippen LogP contribution < -0.4 is 5.32 Å². The van der Waals surface area contributed by atoms with Crippen molar-refractivity contribution in [2.24, 2.45) is 23.9 Å². The van der Waals surface area contributed by atoms with Crippen LogP contribution >= 0.6 is 0 Å². The minimum atomic E-state index is 0.568. The summed E-state index contributed by atoms with van der Waals surface area (Å²) in [5, 5.41) is 11.7. The summed E-state index contributed by atoms with van der Waals surface area (Å²) >= 11 is 0. The zero-order valence-electron chi connectivity index (χ0n) is 13.9. The van der Waals surface area contributed by atoms with Gasteiger partial charge in [-0.05, 0) is 32.1 Å². The van der Waals surface area contributed by atoms with Crippen LogP contribution in [-0.2, 0) is 13.6 Å². The van der Waals surface area contributed by atoms with Crippen LogP contribution in [-0.4, -0.2) is 45.3 Å². The molecule has 1 fully saturated rings. The first kappa shape index (κ1) is 15.8. The number of aryl methyl sites for hydroxylation is 1. The number of hydrogen-bond donors (Lipinski definition) is 1. The number of hydrogen-bond acceptors (Lipinski definition) is 3. The van der Waals surface area contributed by atoms with Crippen molar-refractivity contribution in [1.82, 2.24) is 25.0 Å². The van der Waals surface area contributed by atoms with E-state index in [1.807, 2.05) is 18.5 Å². The highest BCUT2D eigenvalue weighted by atomic mass is 15.3. The molecule has 2 rings (SSSR count). The molecule has 0 spiro atoms. The van der Waals surface area contributed by atoms with Gasteiger partial charge in [-0.3, -0.25) is 0 Å². The van der Waals surface area contributed by atoms with Crippen LogP contribution in [0, 0.1) is 18.8 Å². The van der Waals surface area contributed by atoms with Gasteiger partial charge in [0.05, 0.1) is 0 Å². The Hall–Kier alpha value is -1.59. The molecule has 2 unspecified atom stereocenters. The zero-order chi connectivity index (χ0) is 15.4. The predicted octanol–water partition coefficient (Wildman–Crippen LogP) is 1.57. The standard InChI is InChI=1S/C15H28N6/c1-6-16-15(21-9-11(2)7-12(3)10-21)17-8-14-19-18-13(4)20(14)5/h11-12H,6-10H2,1-5H3,(H,16,17). The highest BCUT2D eigenvalue weighted by molar-refractivity contribution is 5.80. The van der Waals surface area contributed by atoms with Crippen LogP contribution in [0.4, 0.5) is 0 Å². The fraction of sp³-hybridized carbons (Fsp3) is 0.800. The van der Waals surface area contributed by atoms with Crippen molar-refractivity contribution in [3.8, 4) is 0 Å². The van der Waals surface area contributed by atoms with Crippen LogP contribution in [0.3, 0.4) is 0 Å². The lowest BCUT2D eigenvalue weighted by Gasteiger charge is -2.37. The lowest BCUT2D eigenvalue weighted by molar-refractivity contribution is 0.208. The molecule has 6 heteroatoms. The summed E-state index contributed by atoms with van der Waals surface area (Å²) in [4.78, 5) is 7.14. The number of piperidine rings is 1. The van der Waals surface area contributed by atoms with Crippen molar-refractivity contribution in [2.75, 3.05) is 19.6 Å². The molecule has 1 aliphatic rings. The van der Waals surface area contributed by atoms with Crippen molar-refractivity contribution in [3.63, 3.8) is 0 Å². The maximum atomic E-state index is 4.76. The summed E-state index contributed by atoms with van der Waals surface area (Å²) in [6.07, 6.45) is 1.30. The smallest absolute Gasteiger partial charge is 0.194 e. The fourth-order valence-electron chi connectivity index (χ4n) is 3.00. The molecule has 21 heavy (non-hydrogen) atoms. The van der Waals surface area contributed by atoms with Gasteiger partial charge in [0, 0.05) is 26.7 Å². The number of rotatable bonds is 3. The van der Waals surface area contributed by atoms with Gasteiger partial charge in [0.1, 0.15) is 12.4 Å². The predicted molar refractivity (Wildman–Crippen MR) is 85.1 cm³/mol. The molecule has 0 saturated carbocycles. The summed E-state index contributed by atoms with van der Waals surface area (Å²) in [6, 6.07) is 0. The van der Waals surface area contributed by atoms with Crippen LogP contribution in [0.5, 0.6) is 0 Å². The van der Waals surface area contributed by atoms with Gasteiger partial charge in [-0.15, -0.1) is 10.2 Å². The molecule has 2 atom stereocenters. The van der Waals surface area contributed by atoms with Crippen LogP contribution in [0.1, 0.15) is 38.8 Å². The lowest BCUT2D eigenvalue weighted by atomic mass is 9.92. The maximum absolute atomic E-state index is 4.76. The number of nitrogens with zero attached hydrogens (tertiary/aromatic N) is 5. The van der Waals surface area contributed by atoms with E-state index in [-0.39, 0.29) is 0 Å². The van der Waals surface area contributed by atoms with Gasteiger partial charge < -0.3 is 14.8 Å². The fourth-order valence-corrected chi connectivity index (χ4v) is 3.00. The minimum Gasteiger partial charge on any atom is -0.357 e. The van der Waals surface area contributed by atoms with Gasteiger partial charge in [0.15, 0.2) is 11.8 Å². The van der Waals surface area contributed by atoms with Crippen LogP contribution in [0.25, 0.3) is 0 Å². The number of nitrogens with one attached hydrogen (secondary N) is 1. The Bertz CT molecular complexity index is 482. The van der Waals surface area contributed by atoms with E-state index in [1.165, 1.54) is 6.42 Å². The lowest BCUT2D eigenvalue weighted by Crippen LogP contribution is -2.48. The summed E-state index contributed by atoms with van der Waals surface area (Å²) in [6.45, 7) is 12.3. The highest BCUT2D eigenvalue weighted by Gasteiger charge is 2.24. The average Bonchev–Trinajstić information content (AvgIpc) is 2.74. The van der Waals surface area contributed by atoms with Gasteiger partial charge in [-0.2, -0.15) is 0 Å². The van der Waals surface area contributed by atoms with E-state index in [1.54, 1.807) is 0 Å². The SMILES string of the molecule is CCNC(=NCc1nnc(C)n1C)N1CC(C)CC(C)C1. The zero-order valence-corrected chi connectivity index (χ0v) is 13.9. The summed E-state index contributed by atoms with van der Waals surface area (Å²) in [5.74, 6) is 4.26. The second-order valence-corrected chi connectivity index (χ2v) is 6.24. The summed E-state index contributed by atoms with van der Waals surface area (Å²) < 4.78 is 1.99. The van der Waals surface area contributed by atoms with E-state index in [0.29, 0.717) is 6.54 Å². The quantitative estimate of drug-likeness (QED) is 0.678. The third kappa shape index (κ3) is 3.95. The Morgan fingerprint density at radius 2 is 1.95 bits per heavy atom. The molecule has 0 aromatic carbocycles. The first-order valence-corrected chi connectivity index (χ1v) is 7.89. The first-order chi connectivity index (χ1) is 10.0. The van der Waals surface area contributed by atoms with E-state index >= 15 is 0 Å². The van der Waals surface area contributed by atoms with Crippen molar-refractivity contribution in [1.29, 1.82) is 0 Å². The van der Waals surface area contributed by atoms with Crippen LogP contribution in [0.15, 0.2) is 4.99 Å². The molecular weight excluding hydrogens is 264 g/mol. The molecule has 1 aromatic rings. The maximum Gasteiger partial charge on any atom is 0.194 e. The van der Waals surface area contributed by atoms with E-state index < -0.39 is 0 Å². The average molecular weight is 292 g/mol. The van der Waals surface area contributed by atoms with Gasteiger partial charge in [-0.25, -0.2) is 4.99 Å². The molecule has 2 heterocycles.